The number of thiazole rings is 1. The molecule has 0 aromatic carbocycles. The van der Waals surface area contributed by atoms with Crippen molar-refractivity contribution in [2.75, 3.05) is 18.0 Å². The molecule has 2 heterocycles. The molecule has 2 atom stereocenters. The van der Waals surface area contributed by atoms with E-state index < -0.39 is 0 Å². The molecule has 1 aliphatic rings. The molecule has 0 unspecified atom stereocenters. The van der Waals surface area contributed by atoms with Crippen molar-refractivity contribution in [3.8, 4) is 0 Å². The van der Waals surface area contributed by atoms with Crippen LogP contribution in [0.5, 0.6) is 0 Å². The summed E-state index contributed by atoms with van der Waals surface area (Å²) in [6.45, 7) is 4.96. The Bertz CT molecular complexity index is 421. The second-order valence-corrected chi connectivity index (χ2v) is 5.25. The van der Waals surface area contributed by atoms with Gasteiger partial charge < -0.3 is 10.5 Å². The lowest BCUT2D eigenvalue weighted by atomic mass is 10.2. The van der Waals surface area contributed by atoms with Gasteiger partial charge in [-0.2, -0.15) is 0 Å². The number of ether oxygens (including phenoxy) is 1. The Morgan fingerprint density at radius 1 is 1.67 bits per heavy atom. The third kappa shape index (κ3) is 2.71. The van der Waals surface area contributed by atoms with E-state index in [1.807, 2.05) is 19.2 Å². The first-order chi connectivity index (χ1) is 8.65. The van der Waals surface area contributed by atoms with Crippen LogP contribution in [-0.2, 0) is 9.53 Å². The van der Waals surface area contributed by atoms with Gasteiger partial charge in [0.15, 0.2) is 5.13 Å². The molecule has 18 heavy (non-hydrogen) atoms. The fourth-order valence-electron chi connectivity index (χ4n) is 2.09. The number of nitrogens with two attached hydrogens (primary N) is 1. The van der Waals surface area contributed by atoms with Gasteiger partial charge >= 0.3 is 0 Å². The van der Waals surface area contributed by atoms with Crippen LogP contribution in [0.15, 0.2) is 5.38 Å². The minimum absolute atomic E-state index is 0.00259. The molecule has 0 saturated carbocycles. The molecule has 2 rings (SSSR count). The molecule has 0 aliphatic carbocycles. The number of hydrogen-bond acceptors (Lipinski definition) is 5. The van der Waals surface area contributed by atoms with E-state index in [0.717, 1.165) is 23.7 Å². The van der Waals surface area contributed by atoms with E-state index in [1.165, 1.54) is 11.3 Å². The van der Waals surface area contributed by atoms with Crippen molar-refractivity contribution in [1.82, 2.24) is 4.98 Å². The fraction of sp³-hybridized carbons (Fsp3) is 0.667. The van der Waals surface area contributed by atoms with E-state index in [9.17, 15) is 4.79 Å². The summed E-state index contributed by atoms with van der Waals surface area (Å²) >= 11 is 1.49. The van der Waals surface area contributed by atoms with Gasteiger partial charge in [0.25, 0.3) is 5.91 Å². The summed E-state index contributed by atoms with van der Waals surface area (Å²) in [6, 6.07) is 0. The molecule has 2 N–H and O–H groups in total. The third-order valence-electron chi connectivity index (χ3n) is 3.07. The normalized spacial score (nSPS) is 23.3. The van der Waals surface area contributed by atoms with Gasteiger partial charge in [0.1, 0.15) is 6.10 Å². The zero-order valence-electron chi connectivity index (χ0n) is 10.8. The molecule has 1 aromatic heterocycles. The SMILES string of the molecule is CCN(C(=O)[C@@H]1CC[C@H](CN)O1)c1nc(C)cs1. The van der Waals surface area contributed by atoms with Gasteiger partial charge in [0, 0.05) is 18.5 Å². The average Bonchev–Trinajstić information content (AvgIpc) is 2.99. The Labute approximate surface area is 111 Å². The molecular formula is C12H19N3O2S. The fourth-order valence-corrected chi connectivity index (χ4v) is 2.96. The van der Waals surface area contributed by atoms with Crippen LogP contribution in [-0.4, -0.2) is 36.2 Å². The summed E-state index contributed by atoms with van der Waals surface area (Å²) in [5.41, 5.74) is 6.50. The number of aromatic nitrogens is 1. The van der Waals surface area contributed by atoms with Crippen molar-refractivity contribution in [1.29, 1.82) is 0 Å². The van der Waals surface area contributed by atoms with Crippen LogP contribution in [0, 0.1) is 6.92 Å². The Morgan fingerprint density at radius 3 is 2.94 bits per heavy atom. The van der Waals surface area contributed by atoms with Crippen molar-refractivity contribution >= 4 is 22.4 Å². The van der Waals surface area contributed by atoms with Crippen molar-refractivity contribution < 1.29 is 9.53 Å². The van der Waals surface area contributed by atoms with E-state index in [1.54, 1.807) is 4.90 Å². The number of amides is 1. The highest BCUT2D eigenvalue weighted by Gasteiger charge is 2.33. The second-order valence-electron chi connectivity index (χ2n) is 4.41. The Morgan fingerprint density at radius 2 is 2.44 bits per heavy atom. The lowest BCUT2D eigenvalue weighted by Gasteiger charge is -2.21. The second kappa shape index (κ2) is 5.77. The number of carbonyl (C=O) groups excluding carboxylic acids is 1. The third-order valence-corrected chi connectivity index (χ3v) is 4.05. The molecule has 0 bridgehead atoms. The Hall–Kier alpha value is -0.980. The van der Waals surface area contributed by atoms with Crippen LogP contribution >= 0.6 is 11.3 Å². The minimum atomic E-state index is -0.359. The van der Waals surface area contributed by atoms with Crippen LogP contribution in [0.3, 0.4) is 0 Å². The molecule has 100 valence electrons. The van der Waals surface area contributed by atoms with Gasteiger partial charge in [-0.1, -0.05) is 0 Å². The summed E-state index contributed by atoms with van der Waals surface area (Å²) in [6.07, 6.45) is 1.28. The number of anilines is 1. The number of hydrogen-bond donors (Lipinski definition) is 1. The van der Waals surface area contributed by atoms with Gasteiger partial charge in [-0.25, -0.2) is 4.98 Å². The number of aryl methyl sites for hydroxylation is 1. The lowest BCUT2D eigenvalue weighted by molar-refractivity contribution is -0.129. The van der Waals surface area contributed by atoms with E-state index in [4.69, 9.17) is 10.5 Å². The van der Waals surface area contributed by atoms with Crippen molar-refractivity contribution in [3.63, 3.8) is 0 Å². The monoisotopic (exact) mass is 269 g/mol. The van der Waals surface area contributed by atoms with Gasteiger partial charge in [0.05, 0.1) is 11.8 Å². The number of carbonyl (C=O) groups is 1. The first-order valence-corrected chi connectivity index (χ1v) is 7.12. The molecule has 1 aliphatic heterocycles. The molecule has 1 saturated heterocycles. The first kappa shape index (κ1) is 13.5. The van der Waals surface area contributed by atoms with E-state index in [2.05, 4.69) is 4.98 Å². The van der Waals surface area contributed by atoms with Crippen LogP contribution in [0.2, 0.25) is 0 Å². The quantitative estimate of drug-likeness (QED) is 0.895. The molecule has 1 aromatic rings. The zero-order valence-corrected chi connectivity index (χ0v) is 11.6. The molecule has 1 fully saturated rings. The van der Waals surface area contributed by atoms with Crippen LogP contribution in [0.4, 0.5) is 5.13 Å². The van der Waals surface area contributed by atoms with Crippen molar-refractivity contribution in [2.24, 2.45) is 5.73 Å². The summed E-state index contributed by atoms with van der Waals surface area (Å²) in [5, 5.41) is 2.70. The molecule has 5 nitrogen and oxygen atoms in total. The summed E-state index contributed by atoms with van der Waals surface area (Å²) in [5.74, 6) is 0.00259. The summed E-state index contributed by atoms with van der Waals surface area (Å²) in [4.78, 5) is 18.4. The van der Waals surface area contributed by atoms with Gasteiger partial charge in [-0.15, -0.1) is 11.3 Å². The van der Waals surface area contributed by atoms with E-state index in [0.29, 0.717) is 13.1 Å². The number of nitrogens with zero attached hydrogens (tertiary/aromatic N) is 2. The molecule has 0 radical (unpaired) electrons. The number of likely N-dealkylation sites (N-methyl/N-ethyl adjacent to an activating group) is 1. The number of rotatable bonds is 4. The Kier molecular flexibility index (Phi) is 4.31. The zero-order chi connectivity index (χ0) is 13.1. The maximum atomic E-state index is 12.4. The van der Waals surface area contributed by atoms with E-state index in [-0.39, 0.29) is 18.1 Å². The van der Waals surface area contributed by atoms with Crippen molar-refractivity contribution in [2.45, 2.75) is 38.9 Å². The van der Waals surface area contributed by atoms with Gasteiger partial charge in [-0.3, -0.25) is 9.69 Å². The summed E-state index contributed by atoms with van der Waals surface area (Å²) < 4.78 is 5.64. The van der Waals surface area contributed by atoms with Gasteiger partial charge in [-0.05, 0) is 26.7 Å². The predicted octanol–water partition coefficient (Wildman–Crippen LogP) is 1.31. The van der Waals surface area contributed by atoms with Gasteiger partial charge in [0.2, 0.25) is 0 Å². The molecule has 0 spiro atoms. The topological polar surface area (TPSA) is 68.5 Å². The highest BCUT2D eigenvalue weighted by Crippen LogP contribution is 2.25. The predicted molar refractivity (Wildman–Crippen MR) is 71.8 cm³/mol. The Balaban J connectivity index is 2.07. The molecule has 1 amide bonds. The maximum absolute atomic E-state index is 12.4. The highest BCUT2D eigenvalue weighted by molar-refractivity contribution is 7.14. The van der Waals surface area contributed by atoms with E-state index >= 15 is 0 Å². The van der Waals surface area contributed by atoms with Crippen LogP contribution < -0.4 is 10.6 Å². The lowest BCUT2D eigenvalue weighted by Crippen LogP contribution is -2.39. The average molecular weight is 269 g/mol. The molecule has 6 heteroatoms. The summed E-state index contributed by atoms with van der Waals surface area (Å²) in [7, 11) is 0. The molecular weight excluding hydrogens is 250 g/mol. The smallest absolute Gasteiger partial charge is 0.257 e. The standard InChI is InChI=1S/C12H19N3O2S/c1-3-15(12-14-8(2)7-18-12)11(16)10-5-4-9(6-13)17-10/h7,9-10H,3-6,13H2,1-2H3/t9-,10+/m1/s1. The van der Waals surface area contributed by atoms with Crippen molar-refractivity contribution in [3.05, 3.63) is 11.1 Å². The van der Waals surface area contributed by atoms with Crippen LogP contribution in [0.25, 0.3) is 0 Å². The largest absolute Gasteiger partial charge is 0.364 e. The maximum Gasteiger partial charge on any atom is 0.257 e. The first-order valence-electron chi connectivity index (χ1n) is 6.24. The minimum Gasteiger partial charge on any atom is -0.364 e. The highest BCUT2D eigenvalue weighted by atomic mass is 32.1. The van der Waals surface area contributed by atoms with Crippen LogP contribution in [0.1, 0.15) is 25.5 Å².